The van der Waals surface area contributed by atoms with E-state index in [0.717, 1.165) is 26.1 Å². The topological polar surface area (TPSA) is 66.6 Å². The van der Waals surface area contributed by atoms with Crippen LogP contribution >= 0.6 is 0 Å². The van der Waals surface area contributed by atoms with Crippen LogP contribution in [-0.2, 0) is 9.59 Å². The van der Waals surface area contributed by atoms with Gasteiger partial charge in [-0.2, -0.15) is 0 Å². The van der Waals surface area contributed by atoms with E-state index in [-0.39, 0.29) is 17.9 Å². The van der Waals surface area contributed by atoms with Crippen LogP contribution in [0.25, 0.3) is 0 Å². The lowest BCUT2D eigenvalue weighted by Gasteiger charge is -2.39. The van der Waals surface area contributed by atoms with E-state index in [1.165, 1.54) is 0 Å². The third-order valence-corrected chi connectivity index (χ3v) is 3.49. The maximum absolute atomic E-state index is 11.4. The number of carbonyl (C=O) groups is 2. The lowest BCUT2D eigenvalue weighted by atomic mass is 10.1. The minimum absolute atomic E-state index is 0.220. The first-order chi connectivity index (χ1) is 7.09. The number of hydrogen-bond acceptors (Lipinski definition) is 3. The number of nitrogens with zero attached hydrogens (tertiary/aromatic N) is 2. The fourth-order valence-corrected chi connectivity index (χ4v) is 2.42. The number of piperazine rings is 1. The minimum Gasteiger partial charge on any atom is -0.368 e. The average molecular weight is 211 g/mol. The van der Waals surface area contributed by atoms with Crippen LogP contribution in [0.2, 0.25) is 0 Å². The SMILES string of the molecule is CC(C(N)=O)N1CCN2C(=O)CCC2C1. The molecule has 2 rings (SSSR count). The van der Waals surface area contributed by atoms with E-state index >= 15 is 0 Å². The van der Waals surface area contributed by atoms with E-state index in [2.05, 4.69) is 4.90 Å². The summed E-state index contributed by atoms with van der Waals surface area (Å²) in [5.74, 6) is -0.0286. The summed E-state index contributed by atoms with van der Waals surface area (Å²) in [6, 6.07) is 0.0795. The molecule has 0 saturated carbocycles. The van der Waals surface area contributed by atoms with Crippen molar-refractivity contribution >= 4 is 11.8 Å². The number of hydrogen-bond donors (Lipinski definition) is 1. The zero-order valence-electron chi connectivity index (χ0n) is 8.98. The fraction of sp³-hybridized carbons (Fsp3) is 0.800. The number of nitrogens with two attached hydrogens (primary N) is 1. The minimum atomic E-state index is -0.284. The highest BCUT2D eigenvalue weighted by atomic mass is 16.2. The van der Waals surface area contributed by atoms with Crippen molar-refractivity contribution in [3.05, 3.63) is 0 Å². The van der Waals surface area contributed by atoms with Crippen molar-refractivity contribution in [3.63, 3.8) is 0 Å². The molecule has 0 spiro atoms. The van der Waals surface area contributed by atoms with E-state index < -0.39 is 0 Å². The molecule has 0 aromatic heterocycles. The van der Waals surface area contributed by atoms with Gasteiger partial charge in [-0.25, -0.2) is 0 Å². The van der Waals surface area contributed by atoms with E-state index in [9.17, 15) is 9.59 Å². The van der Waals surface area contributed by atoms with Gasteiger partial charge in [0.05, 0.1) is 6.04 Å². The third-order valence-electron chi connectivity index (χ3n) is 3.49. The first-order valence-electron chi connectivity index (χ1n) is 5.42. The molecule has 2 saturated heterocycles. The summed E-state index contributed by atoms with van der Waals surface area (Å²) in [7, 11) is 0. The predicted molar refractivity (Wildman–Crippen MR) is 55.0 cm³/mol. The predicted octanol–water partition coefficient (Wildman–Crippen LogP) is -0.833. The van der Waals surface area contributed by atoms with E-state index in [1.54, 1.807) is 0 Å². The zero-order chi connectivity index (χ0) is 11.0. The molecule has 0 bridgehead atoms. The quantitative estimate of drug-likeness (QED) is 0.648. The normalized spacial score (nSPS) is 29.0. The molecule has 0 aromatic rings. The molecular formula is C10H17N3O2. The third kappa shape index (κ3) is 1.84. The van der Waals surface area contributed by atoms with E-state index in [0.29, 0.717) is 12.5 Å². The van der Waals surface area contributed by atoms with Crippen LogP contribution in [0.5, 0.6) is 0 Å². The molecule has 0 aliphatic carbocycles. The monoisotopic (exact) mass is 211 g/mol. The summed E-state index contributed by atoms with van der Waals surface area (Å²) in [6.07, 6.45) is 1.57. The Morgan fingerprint density at radius 1 is 1.53 bits per heavy atom. The van der Waals surface area contributed by atoms with Gasteiger partial charge >= 0.3 is 0 Å². The van der Waals surface area contributed by atoms with E-state index in [4.69, 9.17) is 5.73 Å². The van der Waals surface area contributed by atoms with Gasteiger partial charge in [-0.05, 0) is 13.3 Å². The van der Waals surface area contributed by atoms with Crippen molar-refractivity contribution < 1.29 is 9.59 Å². The molecule has 2 heterocycles. The van der Waals surface area contributed by atoms with Gasteiger partial charge in [0.15, 0.2) is 0 Å². The maximum atomic E-state index is 11.4. The Bertz CT molecular complexity index is 292. The second-order valence-electron chi connectivity index (χ2n) is 4.35. The van der Waals surface area contributed by atoms with Gasteiger partial charge in [0.2, 0.25) is 11.8 Å². The molecule has 2 fully saturated rings. The smallest absolute Gasteiger partial charge is 0.234 e. The van der Waals surface area contributed by atoms with Crippen LogP contribution in [0.4, 0.5) is 0 Å². The van der Waals surface area contributed by atoms with Crippen LogP contribution in [0.3, 0.4) is 0 Å². The maximum Gasteiger partial charge on any atom is 0.234 e. The van der Waals surface area contributed by atoms with E-state index in [1.807, 2.05) is 11.8 Å². The number of rotatable bonds is 2. The number of carbonyl (C=O) groups excluding carboxylic acids is 2. The van der Waals surface area contributed by atoms with Gasteiger partial charge in [0.1, 0.15) is 0 Å². The molecule has 2 aliphatic heterocycles. The summed E-state index contributed by atoms with van der Waals surface area (Å²) in [5, 5.41) is 0. The molecule has 0 aromatic carbocycles. The second-order valence-corrected chi connectivity index (χ2v) is 4.35. The molecule has 2 amide bonds. The van der Waals surface area contributed by atoms with Gasteiger partial charge in [0, 0.05) is 32.1 Å². The lowest BCUT2D eigenvalue weighted by molar-refractivity contribution is -0.131. The molecular weight excluding hydrogens is 194 g/mol. The number of primary amides is 1. The highest BCUT2D eigenvalue weighted by molar-refractivity contribution is 5.80. The van der Waals surface area contributed by atoms with Gasteiger partial charge in [-0.3, -0.25) is 14.5 Å². The van der Waals surface area contributed by atoms with Gasteiger partial charge in [-0.1, -0.05) is 0 Å². The van der Waals surface area contributed by atoms with Crippen LogP contribution in [-0.4, -0.2) is 53.3 Å². The van der Waals surface area contributed by atoms with Crippen LogP contribution in [0.15, 0.2) is 0 Å². The highest BCUT2D eigenvalue weighted by Crippen LogP contribution is 2.23. The van der Waals surface area contributed by atoms with Gasteiger partial charge in [0.25, 0.3) is 0 Å². The average Bonchev–Trinajstić information content (AvgIpc) is 2.59. The molecule has 2 atom stereocenters. The molecule has 84 valence electrons. The standard InChI is InChI=1S/C10H17N3O2/c1-7(10(11)15)12-4-5-13-8(6-12)2-3-9(13)14/h7-8H,2-6H2,1H3,(H2,11,15). The largest absolute Gasteiger partial charge is 0.368 e. The van der Waals surface area contributed by atoms with Crippen molar-refractivity contribution in [1.82, 2.24) is 9.80 Å². The first kappa shape index (κ1) is 10.4. The lowest BCUT2D eigenvalue weighted by Crippen LogP contribution is -2.56. The summed E-state index contributed by atoms with van der Waals surface area (Å²) in [6.45, 7) is 4.11. The Kier molecular flexibility index (Phi) is 2.65. The van der Waals surface area contributed by atoms with Crippen molar-refractivity contribution in [2.24, 2.45) is 5.73 Å². The summed E-state index contributed by atoms with van der Waals surface area (Å²) in [5.41, 5.74) is 5.27. The molecule has 0 radical (unpaired) electrons. The molecule has 15 heavy (non-hydrogen) atoms. The molecule has 5 heteroatoms. The molecule has 2 aliphatic rings. The van der Waals surface area contributed by atoms with Crippen molar-refractivity contribution in [1.29, 1.82) is 0 Å². The Morgan fingerprint density at radius 3 is 2.93 bits per heavy atom. The Balaban J connectivity index is 1.99. The Hall–Kier alpha value is -1.10. The second kappa shape index (κ2) is 3.81. The van der Waals surface area contributed by atoms with Crippen molar-refractivity contribution in [3.8, 4) is 0 Å². The first-order valence-corrected chi connectivity index (χ1v) is 5.42. The van der Waals surface area contributed by atoms with Crippen LogP contribution in [0.1, 0.15) is 19.8 Å². The fourth-order valence-electron chi connectivity index (χ4n) is 2.42. The zero-order valence-corrected chi connectivity index (χ0v) is 8.98. The molecule has 2 unspecified atom stereocenters. The van der Waals surface area contributed by atoms with Crippen LogP contribution < -0.4 is 5.73 Å². The van der Waals surface area contributed by atoms with Crippen molar-refractivity contribution in [2.45, 2.75) is 31.8 Å². The Labute approximate surface area is 89.2 Å². The van der Waals surface area contributed by atoms with Crippen LogP contribution in [0, 0.1) is 0 Å². The molecule has 2 N–H and O–H groups in total. The van der Waals surface area contributed by atoms with Gasteiger partial charge < -0.3 is 10.6 Å². The highest BCUT2D eigenvalue weighted by Gasteiger charge is 2.37. The summed E-state index contributed by atoms with van der Waals surface area (Å²) < 4.78 is 0. The summed E-state index contributed by atoms with van der Waals surface area (Å²) in [4.78, 5) is 26.5. The van der Waals surface area contributed by atoms with Gasteiger partial charge in [-0.15, -0.1) is 0 Å². The number of amides is 2. The van der Waals surface area contributed by atoms with Crippen molar-refractivity contribution in [2.75, 3.05) is 19.6 Å². The summed E-state index contributed by atoms with van der Waals surface area (Å²) >= 11 is 0. The molecule has 5 nitrogen and oxygen atoms in total. The Morgan fingerprint density at radius 2 is 2.27 bits per heavy atom. The number of fused-ring (bicyclic) bond motifs is 1.